The molecule has 0 bridgehead atoms. The van der Waals surface area contributed by atoms with E-state index in [0.717, 1.165) is 12.5 Å². The van der Waals surface area contributed by atoms with Crippen molar-refractivity contribution >= 4 is 0 Å². The van der Waals surface area contributed by atoms with Gasteiger partial charge in [-0.05, 0) is 67.3 Å². The van der Waals surface area contributed by atoms with Crippen LogP contribution in [0.3, 0.4) is 0 Å². The minimum absolute atomic E-state index is 0.639. The van der Waals surface area contributed by atoms with Crippen LogP contribution in [0.2, 0.25) is 0 Å². The van der Waals surface area contributed by atoms with Gasteiger partial charge in [0.1, 0.15) is 0 Å². The Morgan fingerprint density at radius 2 is 2.19 bits per heavy atom. The quantitative estimate of drug-likeness (QED) is 0.814. The number of benzene rings is 1. The molecule has 0 aliphatic heterocycles. The topological polar surface area (TPSA) is 12.0 Å². The van der Waals surface area contributed by atoms with Gasteiger partial charge in [0.05, 0.1) is 0 Å². The van der Waals surface area contributed by atoms with Crippen LogP contribution in [0.1, 0.15) is 60.4 Å². The Morgan fingerprint density at radius 1 is 1.31 bits per heavy atom. The average molecular weight is 215 g/mol. The van der Waals surface area contributed by atoms with Gasteiger partial charge in [0, 0.05) is 6.04 Å². The second-order valence-corrected chi connectivity index (χ2v) is 5.35. The van der Waals surface area contributed by atoms with Gasteiger partial charge in [-0.3, -0.25) is 0 Å². The SMILES string of the molecule is CCCNC1CC2CCc3ccc(C)c1c32. The molecule has 16 heavy (non-hydrogen) atoms. The van der Waals surface area contributed by atoms with Crippen molar-refractivity contribution in [2.24, 2.45) is 0 Å². The molecule has 2 aliphatic carbocycles. The van der Waals surface area contributed by atoms with Gasteiger partial charge in [-0.1, -0.05) is 19.1 Å². The van der Waals surface area contributed by atoms with E-state index in [0.29, 0.717) is 6.04 Å². The highest BCUT2D eigenvalue weighted by atomic mass is 14.9. The molecule has 86 valence electrons. The molecule has 1 N–H and O–H groups in total. The molecule has 0 aromatic heterocycles. The third-order valence-corrected chi connectivity index (χ3v) is 4.28. The summed E-state index contributed by atoms with van der Waals surface area (Å²) in [4.78, 5) is 0. The molecular formula is C15H21N. The lowest BCUT2D eigenvalue weighted by molar-refractivity contribution is 0.486. The molecule has 1 aromatic rings. The first-order chi connectivity index (χ1) is 7.81. The van der Waals surface area contributed by atoms with Crippen LogP contribution in [-0.2, 0) is 6.42 Å². The van der Waals surface area contributed by atoms with E-state index < -0.39 is 0 Å². The molecule has 1 aromatic carbocycles. The zero-order valence-electron chi connectivity index (χ0n) is 10.3. The Morgan fingerprint density at radius 3 is 3.00 bits per heavy atom. The van der Waals surface area contributed by atoms with Gasteiger partial charge in [0.15, 0.2) is 0 Å². The van der Waals surface area contributed by atoms with Crippen molar-refractivity contribution in [3.8, 4) is 0 Å². The fourth-order valence-electron chi connectivity index (χ4n) is 3.57. The highest BCUT2D eigenvalue weighted by molar-refractivity contribution is 5.50. The summed E-state index contributed by atoms with van der Waals surface area (Å²) in [6.07, 6.45) is 5.27. The van der Waals surface area contributed by atoms with Crippen molar-refractivity contribution in [2.45, 2.75) is 51.5 Å². The zero-order valence-corrected chi connectivity index (χ0v) is 10.3. The second kappa shape index (κ2) is 3.89. The summed E-state index contributed by atoms with van der Waals surface area (Å²) in [6.45, 7) is 5.67. The molecule has 3 rings (SSSR count). The Kier molecular flexibility index (Phi) is 2.51. The Hall–Kier alpha value is -0.820. The van der Waals surface area contributed by atoms with E-state index in [-0.39, 0.29) is 0 Å². The number of aryl methyl sites for hydroxylation is 2. The lowest BCUT2D eigenvalue weighted by Crippen LogP contribution is -2.21. The third-order valence-electron chi connectivity index (χ3n) is 4.28. The molecule has 0 saturated heterocycles. The monoisotopic (exact) mass is 215 g/mol. The smallest absolute Gasteiger partial charge is 0.0331 e. The van der Waals surface area contributed by atoms with E-state index in [1.54, 1.807) is 16.7 Å². The summed E-state index contributed by atoms with van der Waals surface area (Å²) in [7, 11) is 0. The molecular weight excluding hydrogens is 194 g/mol. The Bertz CT molecular complexity index is 408. The predicted molar refractivity (Wildman–Crippen MR) is 67.9 cm³/mol. The highest BCUT2D eigenvalue weighted by Gasteiger charge is 2.36. The molecule has 0 heterocycles. The molecule has 2 atom stereocenters. The summed E-state index contributed by atoms with van der Waals surface area (Å²) >= 11 is 0. The third kappa shape index (κ3) is 1.41. The summed E-state index contributed by atoms with van der Waals surface area (Å²) in [6, 6.07) is 5.32. The average Bonchev–Trinajstić information content (AvgIpc) is 2.83. The summed E-state index contributed by atoms with van der Waals surface area (Å²) in [5.41, 5.74) is 6.49. The lowest BCUT2D eigenvalue weighted by atomic mass is 9.98. The number of nitrogens with one attached hydrogen (secondary N) is 1. The maximum Gasteiger partial charge on any atom is 0.0331 e. The van der Waals surface area contributed by atoms with E-state index in [2.05, 4.69) is 31.3 Å². The van der Waals surface area contributed by atoms with Gasteiger partial charge in [-0.2, -0.15) is 0 Å². The van der Waals surface area contributed by atoms with E-state index in [1.165, 1.54) is 31.2 Å². The van der Waals surface area contributed by atoms with Crippen LogP contribution in [-0.4, -0.2) is 6.54 Å². The van der Waals surface area contributed by atoms with Gasteiger partial charge in [-0.25, -0.2) is 0 Å². The van der Waals surface area contributed by atoms with Crippen LogP contribution in [0, 0.1) is 6.92 Å². The lowest BCUT2D eigenvalue weighted by Gasteiger charge is -2.17. The second-order valence-electron chi connectivity index (χ2n) is 5.35. The van der Waals surface area contributed by atoms with Gasteiger partial charge in [0.2, 0.25) is 0 Å². The molecule has 0 saturated carbocycles. The van der Waals surface area contributed by atoms with Gasteiger partial charge < -0.3 is 5.32 Å². The molecule has 1 heteroatoms. The molecule has 2 aliphatic rings. The first-order valence-corrected chi connectivity index (χ1v) is 6.67. The number of hydrogen-bond acceptors (Lipinski definition) is 1. The minimum Gasteiger partial charge on any atom is -0.310 e. The van der Waals surface area contributed by atoms with Crippen LogP contribution >= 0.6 is 0 Å². The molecule has 0 radical (unpaired) electrons. The van der Waals surface area contributed by atoms with Crippen LogP contribution in [0.25, 0.3) is 0 Å². The van der Waals surface area contributed by atoms with Crippen LogP contribution in [0.4, 0.5) is 0 Å². The molecule has 1 nitrogen and oxygen atoms in total. The van der Waals surface area contributed by atoms with E-state index >= 15 is 0 Å². The molecule has 0 amide bonds. The van der Waals surface area contributed by atoms with Crippen LogP contribution in [0.15, 0.2) is 12.1 Å². The van der Waals surface area contributed by atoms with Crippen molar-refractivity contribution in [3.63, 3.8) is 0 Å². The Labute approximate surface area is 98.3 Å². The zero-order chi connectivity index (χ0) is 11.1. The van der Waals surface area contributed by atoms with E-state index in [1.807, 2.05) is 0 Å². The van der Waals surface area contributed by atoms with Crippen molar-refractivity contribution in [1.82, 2.24) is 5.32 Å². The van der Waals surface area contributed by atoms with Crippen molar-refractivity contribution in [1.29, 1.82) is 0 Å². The van der Waals surface area contributed by atoms with Gasteiger partial charge in [0.25, 0.3) is 0 Å². The van der Waals surface area contributed by atoms with Crippen LogP contribution in [0.5, 0.6) is 0 Å². The Balaban J connectivity index is 1.99. The summed E-state index contributed by atoms with van der Waals surface area (Å²) < 4.78 is 0. The standard InChI is InChI=1S/C15H21N/c1-3-8-16-13-9-12-7-6-11-5-4-10(2)14(13)15(11)12/h4-5,12-13,16H,3,6-9H2,1-2H3. The molecule has 0 fully saturated rings. The van der Waals surface area contributed by atoms with Gasteiger partial charge in [-0.15, -0.1) is 0 Å². The predicted octanol–water partition coefficient (Wildman–Crippen LogP) is 3.47. The molecule has 0 spiro atoms. The van der Waals surface area contributed by atoms with Gasteiger partial charge >= 0.3 is 0 Å². The molecule has 2 unspecified atom stereocenters. The van der Waals surface area contributed by atoms with E-state index in [9.17, 15) is 0 Å². The van der Waals surface area contributed by atoms with Crippen molar-refractivity contribution in [3.05, 3.63) is 34.4 Å². The number of hydrogen-bond donors (Lipinski definition) is 1. The maximum absolute atomic E-state index is 3.72. The fourth-order valence-corrected chi connectivity index (χ4v) is 3.57. The van der Waals surface area contributed by atoms with Crippen molar-refractivity contribution < 1.29 is 0 Å². The first kappa shape index (κ1) is 10.3. The normalized spacial score (nSPS) is 26.1. The first-order valence-electron chi connectivity index (χ1n) is 6.67. The van der Waals surface area contributed by atoms with E-state index in [4.69, 9.17) is 0 Å². The summed E-state index contributed by atoms with van der Waals surface area (Å²) in [5, 5.41) is 3.72. The summed E-state index contributed by atoms with van der Waals surface area (Å²) in [5.74, 6) is 0.860. The fraction of sp³-hybridized carbons (Fsp3) is 0.600. The maximum atomic E-state index is 3.72. The highest BCUT2D eigenvalue weighted by Crippen LogP contribution is 2.49. The number of rotatable bonds is 3. The minimum atomic E-state index is 0.639. The van der Waals surface area contributed by atoms with Crippen molar-refractivity contribution in [2.75, 3.05) is 6.54 Å². The van der Waals surface area contributed by atoms with Crippen LogP contribution < -0.4 is 5.32 Å². The largest absolute Gasteiger partial charge is 0.310 e.